The number of aromatic nitrogens is 1. The smallest absolute Gasteiger partial charge is 0.260 e. The Labute approximate surface area is 189 Å². The fraction of sp³-hybridized carbons (Fsp3) is 0.179. The van der Waals surface area contributed by atoms with Crippen LogP contribution in [0, 0.1) is 6.92 Å². The van der Waals surface area contributed by atoms with Gasteiger partial charge in [-0.1, -0.05) is 57.2 Å². The summed E-state index contributed by atoms with van der Waals surface area (Å²) in [6.07, 6.45) is 1.97. The molecule has 0 bridgehead atoms. The quantitative estimate of drug-likeness (QED) is 0.350. The number of nitrogens with zero attached hydrogens (tertiary/aromatic N) is 1. The van der Waals surface area contributed by atoms with Crippen molar-refractivity contribution in [3.05, 3.63) is 84.1 Å². The van der Waals surface area contributed by atoms with E-state index in [0.717, 1.165) is 39.7 Å². The molecule has 1 aromatic heterocycles. The van der Waals surface area contributed by atoms with Crippen molar-refractivity contribution in [3.8, 4) is 34.3 Å². The van der Waals surface area contributed by atoms with E-state index < -0.39 is 0 Å². The van der Waals surface area contributed by atoms with Crippen LogP contribution in [-0.4, -0.2) is 11.7 Å². The Morgan fingerprint density at radius 1 is 0.781 bits per heavy atom. The van der Waals surface area contributed by atoms with Crippen molar-refractivity contribution < 1.29 is 9.47 Å². The largest absolute Gasteiger partial charge is 0.458 e. The summed E-state index contributed by atoms with van der Waals surface area (Å²) in [4.78, 5) is 4.81. The molecule has 4 heteroatoms. The number of para-hydroxylation sites is 2. The topological polar surface area (TPSA) is 31.4 Å². The lowest BCUT2D eigenvalue weighted by Crippen LogP contribution is -2.57. The van der Waals surface area contributed by atoms with Gasteiger partial charge in [0.1, 0.15) is 23.0 Å². The molecule has 0 N–H and O–H groups in total. The standard InChI is InChI=1S/C28H24BNO2/c1-17-16-30-22(15-19(17)28(2,3)4)18-13-14-25-26-27(18)32-24-12-8-6-10-21(24)29(26)20-9-5-7-11-23(20)31-25/h5-16H,1-4H3. The first-order valence-corrected chi connectivity index (χ1v) is 11.1. The van der Waals surface area contributed by atoms with Crippen LogP contribution < -0.4 is 25.9 Å². The van der Waals surface area contributed by atoms with E-state index in [9.17, 15) is 0 Å². The minimum absolute atomic E-state index is 0.0330. The van der Waals surface area contributed by atoms with Gasteiger partial charge in [0.2, 0.25) is 0 Å². The van der Waals surface area contributed by atoms with Gasteiger partial charge in [-0.15, -0.1) is 0 Å². The molecule has 0 saturated carbocycles. The lowest BCUT2D eigenvalue weighted by molar-refractivity contribution is 0.465. The summed E-state index contributed by atoms with van der Waals surface area (Å²) in [5.74, 6) is 3.49. The number of hydrogen-bond donors (Lipinski definition) is 0. The van der Waals surface area contributed by atoms with E-state index in [2.05, 4.69) is 76.2 Å². The summed E-state index contributed by atoms with van der Waals surface area (Å²) in [5.41, 5.74) is 7.87. The highest BCUT2D eigenvalue weighted by Gasteiger charge is 2.41. The predicted octanol–water partition coefficient (Wildman–Crippen LogP) is 5.08. The summed E-state index contributed by atoms with van der Waals surface area (Å²) >= 11 is 0. The van der Waals surface area contributed by atoms with Gasteiger partial charge < -0.3 is 9.47 Å². The number of pyridine rings is 1. The van der Waals surface area contributed by atoms with Gasteiger partial charge in [0, 0.05) is 17.2 Å². The van der Waals surface area contributed by atoms with Gasteiger partial charge in [0.05, 0.1) is 5.69 Å². The Hall–Kier alpha value is -3.53. The van der Waals surface area contributed by atoms with Crippen LogP contribution in [0.1, 0.15) is 31.9 Å². The normalized spacial score (nSPS) is 13.4. The first-order chi connectivity index (χ1) is 15.4. The molecular weight excluding hydrogens is 393 g/mol. The van der Waals surface area contributed by atoms with Gasteiger partial charge in [-0.25, -0.2) is 0 Å². The highest BCUT2D eigenvalue weighted by Crippen LogP contribution is 2.41. The molecule has 2 aliphatic heterocycles. The van der Waals surface area contributed by atoms with E-state index in [1.54, 1.807) is 0 Å². The van der Waals surface area contributed by atoms with Crippen molar-refractivity contribution in [1.29, 1.82) is 0 Å². The third kappa shape index (κ3) is 2.79. The first kappa shape index (κ1) is 19.2. The van der Waals surface area contributed by atoms with Gasteiger partial charge in [-0.05, 0) is 64.7 Å². The zero-order valence-corrected chi connectivity index (χ0v) is 18.8. The van der Waals surface area contributed by atoms with Crippen molar-refractivity contribution in [1.82, 2.24) is 4.98 Å². The number of fused-ring (bicyclic) bond motifs is 4. The molecule has 156 valence electrons. The van der Waals surface area contributed by atoms with Crippen LogP contribution in [0.3, 0.4) is 0 Å². The first-order valence-electron chi connectivity index (χ1n) is 11.1. The Morgan fingerprint density at radius 3 is 2.12 bits per heavy atom. The SMILES string of the molecule is Cc1cnc(-c2ccc3c4c2Oc2ccccc2B4c2ccccc2O3)cc1C(C)(C)C. The summed E-state index contributed by atoms with van der Waals surface area (Å²) in [6, 6.07) is 23.0. The van der Waals surface area contributed by atoms with Crippen molar-refractivity contribution in [3.63, 3.8) is 0 Å². The van der Waals surface area contributed by atoms with E-state index in [1.165, 1.54) is 22.1 Å². The molecule has 0 atom stereocenters. The second-order valence-electron chi connectivity index (χ2n) is 9.70. The average molecular weight is 417 g/mol. The molecule has 3 heterocycles. The predicted molar refractivity (Wildman–Crippen MR) is 131 cm³/mol. The fourth-order valence-electron chi connectivity index (χ4n) is 5.07. The lowest BCUT2D eigenvalue weighted by Gasteiger charge is -2.34. The van der Waals surface area contributed by atoms with Crippen LogP contribution in [0.2, 0.25) is 0 Å². The molecule has 0 spiro atoms. The molecule has 0 aliphatic carbocycles. The van der Waals surface area contributed by atoms with Gasteiger partial charge >= 0.3 is 0 Å². The number of aryl methyl sites for hydroxylation is 1. The molecule has 6 rings (SSSR count). The van der Waals surface area contributed by atoms with Gasteiger partial charge in [-0.2, -0.15) is 0 Å². The van der Waals surface area contributed by atoms with Gasteiger partial charge in [0.15, 0.2) is 0 Å². The Balaban J connectivity index is 1.62. The van der Waals surface area contributed by atoms with Crippen molar-refractivity contribution >= 4 is 23.1 Å². The zero-order chi connectivity index (χ0) is 22.0. The van der Waals surface area contributed by atoms with Crippen LogP contribution in [-0.2, 0) is 5.41 Å². The Morgan fingerprint density at radius 2 is 1.44 bits per heavy atom. The number of hydrogen-bond acceptors (Lipinski definition) is 3. The molecule has 0 unspecified atom stereocenters. The summed E-state index contributed by atoms with van der Waals surface area (Å²) < 4.78 is 12.9. The highest BCUT2D eigenvalue weighted by atomic mass is 16.5. The second-order valence-corrected chi connectivity index (χ2v) is 9.70. The van der Waals surface area contributed by atoms with Gasteiger partial charge in [-0.3, -0.25) is 4.98 Å². The number of rotatable bonds is 1. The molecule has 3 aromatic carbocycles. The summed E-state index contributed by atoms with van der Waals surface area (Å²) in [7, 11) is 0. The molecule has 0 radical (unpaired) electrons. The lowest BCUT2D eigenvalue weighted by atomic mass is 9.34. The van der Waals surface area contributed by atoms with Crippen molar-refractivity contribution in [2.24, 2.45) is 0 Å². The monoisotopic (exact) mass is 417 g/mol. The number of ether oxygens (including phenoxy) is 2. The maximum atomic E-state index is 6.56. The summed E-state index contributed by atoms with van der Waals surface area (Å²) in [5, 5.41) is 0. The van der Waals surface area contributed by atoms with Crippen LogP contribution >= 0.6 is 0 Å². The van der Waals surface area contributed by atoms with E-state index in [1.807, 2.05) is 24.4 Å². The van der Waals surface area contributed by atoms with Crippen LogP contribution in [0.5, 0.6) is 23.0 Å². The molecular formula is C28H24BNO2. The van der Waals surface area contributed by atoms with E-state index >= 15 is 0 Å². The van der Waals surface area contributed by atoms with Crippen molar-refractivity contribution in [2.45, 2.75) is 33.1 Å². The molecule has 4 aromatic rings. The Bertz CT molecular complexity index is 1380. The summed E-state index contributed by atoms with van der Waals surface area (Å²) in [6.45, 7) is 8.92. The maximum absolute atomic E-state index is 6.56. The van der Waals surface area contributed by atoms with Crippen LogP contribution in [0.15, 0.2) is 72.9 Å². The molecule has 0 saturated heterocycles. The van der Waals surface area contributed by atoms with E-state index in [-0.39, 0.29) is 12.1 Å². The highest BCUT2D eigenvalue weighted by molar-refractivity contribution is 6.98. The van der Waals surface area contributed by atoms with Crippen molar-refractivity contribution in [2.75, 3.05) is 0 Å². The molecule has 0 fully saturated rings. The maximum Gasteiger partial charge on any atom is 0.260 e. The fourth-order valence-corrected chi connectivity index (χ4v) is 5.07. The molecule has 3 nitrogen and oxygen atoms in total. The molecule has 2 aliphatic rings. The Kier molecular flexibility index (Phi) is 4.04. The zero-order valence-electron chi connectivity index (χ0n) is 18.8. The van der Waals surface area contributed by atoms with Gasteiger partial charge in [0.25, 0.3) is 6.71 Å². The molecule has 32 heavy (non-hydrogen) atoms. The second kappa shape index (κ2) is 6.73. The third-order valence-corrected chi connectivity index (χ3v) is 6.52. The average Bonchev–Trinajstić information content (AvgIpc) is 2.78. The van der Waals surface area contributed by atoms with Crippen LogP contribution in [0.4, 0.5) is 0 Å². The molecule has 0 amide bonds. The third-order valence-electron chi connectivity index (χ3n) is 6.52. The van der Waals surface area contributed by atoms with Crippen LogP contribution in [0.25, 0.3) is 11.3 Å². The minimum Gasteiger partial charge on any atom is -0.458 e. The number of benzene rings is 3. The van der Waals surface area contributed by atoms with E-state index in [0.29, 0.717) is 0 Å². The minimum atomic E-state index is 0.0330. The van der Waals surface area contributed by atoms with E-state index in [4.69, 9.17) is 14.5 Å².